The van der Waals surface area contributed by atoms with Crippen LogP contribution in [-0.2, 0) is 0 Å². The second-order valence-corrected chi connectivity index (χ2v) is 3.99. The molecule has 0 saturated carbocycles. The zero-order valence-electron chi connectivity index (χ0n) is 15.9. The molecule has 0 amide bonds. The summed E-state index contributed by atoms with van der Waals surface area (Å²) in [6.45, 7) is 0. The first-order chi connectivity index (χ1) is 12.3. The van der Waals surface area contributed by atoms with Gasteiger partial charge >= 0.3 is 0 Å². The maximum absolute atomic E-state index is 13.5. The Kier molecular flexibility index (Phi) is 2.25. The number of anilines is 2. The van der Waals surface area contributed by atoms with Crippen molar-refractivity contribution in [3.8, 4) is 11.4 Å². The van der Waals surface area contributed by atoms with E-state index < -0.39 is 36.0 Å². The summed E-state index contributed by atoms with van der Waals surface area (Å²) in [5.41, 5.74) is 0.203. The Hall–Kier alpha value is -2.89. The summed E-state index contributed by atoms with van der Waals surface area (Å²) in [6, 6.07) is 1.72. The van der Waals surface area contributed by atoms with Gasteiger partial charge in [0.25, 0.3) is 0 Å². The molecule has 1 heterocycles. The summed E-state index contributed by atoms with van der Waals surface area (Å²) in [5, 5.41) is 6.83. The van der Waals surface area contributed by atoms with Crippen LogP contribution in [0.5, 0.6) is 5.75 Å². The van der Waals surface area contributed by atoms with Crippen molar-refractivity contribution in [1.29, 1.82) is 0 Å². The number of aromatic nitrogens is 3. The van der Waals surface area contributed by atoms with Gasteiger partial charge in [-0.15, -0.1) is 5.10 Å². The number of hydrogen-bond donors (Lipinski definition) is 1. The predicted octanol–water partition coefficient (Wildman–Crippen LogP) is 3.16. The van der Waals surface area contributed by atoms with Crippen LogP contribution >= 0.6 is 0 Å². The van der Waals surface area contributed by atoms with E-state index in [1.165, 1.54) is 31.6 Å². The number of ether oxygens (including phenoxy) is 1. The van der Waals surface area contributed by atoms with Crippen LogP contribution in [0.4, 0.5) is 16.0 Å². The van der Waals surface area contributed by atoms with Crippen molar-refractivity contribution in [3.05, 3.63) is 60.6 Å². The van der Waals surface area contributed by atoms with Crippen molar-refractivity contribution in [2.24, 2.45) is 0 Å². The molecule has 3 rings (SSSR count). The number of para-hydroxylation sites is 1. The summed E-state index contributed by atoms with van der Waals surface area (Å²) in [4.78, 5) is 3.98. The third-order valence-electron chi connectivity index (χ3n) is 2.57. The molecule has 1 N–H and O–H groups in total. The van der Waals surface area contributed by atoms with Gasteiger partial charge in [-0.25, -0.2) is 9.07 Å². The van der Waals surface area contributed by atoms with E-state index in [2.05, 4.69) is 15.4 Å². The highest BCUT2D eigenvalue weighted by Gasteiger charge is 2.05. The Balaban J connectivity index is 1.98. The molecule has 0 radical (unpaired) electrons. The molecule has 2 aromatic carbocycles. The molecule has 0 aliphatic rings. The average molecular weight is 289 g/mol. The number of rotatable bonds is 4. The van der Waals surface area contributed by atoms with Crippen LogP contribution in [0.2, 0.25) is 0 Å². The smallest absolute Gasteiger partial charge is 0.246 e. The van der Waals surface area contributed by atoms with Crippen LogP contribution in [-0.4, -0.2) is 21.9 Å². The molecule has 0 saturated heterocycles. The number of hydrogen-bond acceptors (Lipinski definition) is 4. The number of halogens is 1. The fourth-order valence-electron chi connectivity index (χ4n) is 1.67. The van der Waals surface area contributed by atoms with E-state index in [1.54, 1.807) is 0 Å². The van der Waals surface area contributed by atoms with Crippen molar-refractivity contribution in [1.82, 2.24) is 14.8 Å². The van der Waals surface area contributed by atoms with Crippen molar-refractivity contribution in [2.75, 3.05) is 12.4 Å². The van der Waals surface area contributed by atoms with Gasteiger partial charge < -0.3 is 10.1 Å². The molecule has 106 valence electrons. The maximum Gasteiger partial charge on any atom is 0.246 e. The second kappa shape index (κ2) is 5.62. The van der Waals surface area contributed by atoms with E-state index in [0.29, 0.717) is 11.4 Å². The molecular formula is C15H13FN4O. The third-order valence-corrected chi connectivity index (χ3v) is 2.57. The summed E-state index contributed by atoms with van der Waals surface area (Å²) in [6.07, 6.45) is 1.20. The lowest BCUT2D eigenvalue weighted by Gasteiger charge is -2.05. The first-order valence-corrected chi connectivity index (χ1v) is 5.92. The topological polar surface area (TPSA) is 52.0 Å². The van der Waals surface area contributed by atoms with Crippen molar-refractivity contribution in [2.45, 2.75) is 0 Å². The Labute approximate surface area is 128 Å². The molecule has 21 heavy (non-hydrogen) atoms. The van der Waals surface area contributed by atoms with Crippen LogP contribution < -0.4 is 10.1 Å². The van der Waals surface area contributed by atoms with E-state index in [4.69, 9.17) is 11.6 Å². The molecule has 0 fully saturated rings. The van der Waals surface area contributed by atoms with Crippen LogP contribution in [0.15, 0.2) is 54.7 Å². The van der Waals surface area contributed by atoms with Crippen molar-refractivity contribution < 1.29 is 16.0 Å². The predicted molar refractivity (Wildman–Crippen MR) is 77.6 cm³/mol. The minimum Gasteiger partial charge on any atom is -0.497 e. The quantitative estimate of drug-likeness (QED) is 0.801. The minimum atomic E-state index is -0.517. The molecule has 0 bridgehead atoms. The minimum absolute atomic E-state index is 0.0597. The van der Waals surface area contributed by atoms with Crippen molar-refractivity contribution in [3.63, 3.8) is 0 Å². The number of benzene rings is 2. The van der Waals surface area contributed by atoms with Gasteiger partial charge in [0.15, 0.2) is 0 Å². The molecule has 0 unspecified atom stereocenters. The van der Waals surface area contributed by atoms with Gasteiger partial charge in [0.05, 0.1) is 19.7 Å². The summed E-state index contributed by atoms with van der Waals surface area (Å²) in [7, 11) is 1.41. The van der Waals surface area contributed by atoms with Gasteiger partial charge in [-0.2, -0.15) is 4.98 Å². The van der Waals surface area contributed by atoms with Crippen molar-refractivity contribution >= 4 is 11.6 Å². The van der Waals surface area contributed by atoms with Gasteiger partial charge in [-0.3, -0.25) is 0 Å². The standard InChI is InChI=1S/C15H13FN4O/c1-21-14-8-11(16)7-12(9-14)18-15-17-10-20(19-15)13-5-3-2-4-6-13/h2-10H,1H3,(H,18,19)/i2D,3D,4D,5D,6D. The average Bonchev–Trinajstić information content (AvgIpc) is 3.05. The van der Waals surface area contributed by atoms with E-state index in [-0.39, 0.29) is 11.6 Å². The Morgan fingerprint density at radius 3 is 2.81 bits per heavy atom. The molecule has 5 nitrogen and oxygen atoms in total. The lowest BCUT2D eigenvalue weighted by atomic mass is 10.3. The van der Waals surface area contributed by atoms with Gasteiger partial charge in [0.1, 0.15) is 17.9 Å². The molecule has 0 atom stereocenters. The van der Waals surface area contributed by atoms with E-state index in [0.717, 1.165) is 4.68 Å². The molecular weight excluding hydrogens is 271 g/mol. The van der Waals surface area contributed by atoms with Crippen LogP contribution in [0.1, 0.15) is 6.85 Å². The van der Waals surface area contributed by atoms with E-state index >= 15 is 0 Å². The SMILES string of the molecule is [2H]c1c([2H])c([2H])c(-n2cnc(Nc3cc(F)cc(OC)c3)n2)c([2H])c1[2H]. The van der Waals surface area contributed by atoms with E-state index in [1.807, 2.05) is 0 Å². The zero-order valence-corrected chi connectivity index (χ0v) is 10.9. The number of nitrogens with zero attached hydrogens (tertiary/aromatic N) is 3. The largest absolute Gasteiger partial charge is 0.497 e. The van der Waals surface area contributed by atoms with Gasteiger partial charge in [0.2, 0.25) is 5.95 Å². The lowest BCUT2D eigenvalue weighted by molar-refractivity contribution is 0.411. The second-order valence-electron chi connectivity index (χ2n) is 3.99. The normalized spacial score (nSPS) is 13.7. The fourth-order valence-corrected chi connectivity index (χ4v) is 1.67. The first kappa shape index (κ1) is 8.41. The first-order valence-electron chi connectivity index (χ1n) is 8.42. The highest BCUT2D eigenvalue weighted by atomic mass is 19.1. The third kappa shape index (κ3) is 3.00. The van der Waals surface area contributed by atoms with Gasteiger partial charge in [-0.1, -0.05) is 18.1 Å². The Bertz CT molecular complexity index is 965. The van der Waals surface area contributed by atoms with Crippen LogP contribution in [0.25, 0.3) is 5.69 Å². The zero-order chi connectivity index (χ0) is 19.0. The number of methoxy groups -OCH3 is 1. The van der Waals surface area contributed by atoms with Gasteiger partial charge in [0, 0.05) is 17.8 Å². The lowest BCUT2D eigenvalue weighted by Crippen LogP contribution is -1.97. The van der Waals surface area contributed by atoms with Gasteiger partial charge in [-0.05, 0) is 18.2 Å². The fraction of sp³-hybridized carbons (Fsp3) is 0.0667. The highest BCUT2D eigenvalue weighted by Crippen LogP contribution is 2.22. The Morgan fingerprint density at radius 1 is 1.24 bits per heavy atom. The maximum atomic E-state index is 13.5. The highest BCUT2D eigenvalue weighted by molar-refractivity contribution is 5.56. The molecule has 0 spiro atoms. The molecule has 1 aromatic heterocycles. The molecule has 3 aromatic rings. The van der Waals surface area contributed by atoms with Crippen LogP contribution in [0.3, 0.4) is 0 Å². The summed E-state index contributed by atoms with van der Waals surface area (Å²) >= 11 is 0. The molecule has 0 aliphatic carbocycles. The number of nitrogens with one attached hydrogen (secondary N) is 1. The summed E-state index contributed by atoms with van der Waals surface area (Å²) < 4.78 is 58.5. The Morgan fingerprint density at radius 2 is 2.05 bits per heavy atom. The summed E-state index contributed by atoms with van der Waals surface area (Å²) in [5.74, 6) is -0.154. The van der Waals surface area contributed by atoms with E-state index in [9.17, 15) is 4.39 Å². The molecule has 0 aliphatic heterocycles. The van der Waals surface area contributed by atoms with Crippen LogP contribution in [0, 0.1) is 5.82 Å². The monoisotopic (exact) mass is 289 g/mol. The molecule has 6 heteroatoms.